The second kappa shape index (κ2) is 5.69. The summed E-state index contributed by atoms with van der Waals surface area (Å²) >= 11 is 0. The summed E-state index contributed by atoms with van der Waals surface area (Å²) in [6.07, 6.45) is 3.31. The van der Waals surface area contributed by atoms with Gasteiger partial charge in [0.25, 0.3) is 0 Å². The van der Waals surface area contributed by atoms with Crippen LogP contribution < -0.4 is 5.32 Å². The van der Waals surface area contributed by atoms with Crippen molar-refractivity contribution >= 4 is 17.4 Å². The highest BCUT2D eigenvalue weighted by Crippen LogP contribution is 2.10. The Kier molecular flexibility index (Phi) is 3.99. The van der Waals surface area contributed by atoms with Gasteiger partial charge in [-0.1, -0.05) is 6.92 Å². The molecule has 0 spiro atoms. The van der Waals surface area contributed by atoms with Gasteiger partial charge in [-0.15, -0.1) is 5.10 Å². The van der Waals surface area contributed by atoms with E-state index in [2.05, 4.69) is 29.2 Å². The molecule has 0 fully saturated rings. The lowest BCUT2D eigenvalue weighted by molar-refractivity contribution is -0.136. The molecule has 0 aliphatic rings. The van der Waals surface area contributed by atoms with Gasteiger partial charge in [0.15, 0.2) is 5.65 Å². The fourth-order valence-corrected chi connectivity index (χ4v) is 1.72. The van der Waals surface area contributed by atoms with Gasteiger partial charge in [0.1, 0.15) is 5.82 Å². The Bertz CT molecular complexity index is 579. The van der Waals surface area contributed by atoms with Crippen LogP contribution in [0.25, 0.3) is 5.65 Å². The van der Waals surface area contributed by atoms with E-state index in [4.69, 9.17) is 5.11 Å². The van der Waals surface area contributed by atoms with Crippen LogP contribution in [-0.2, 0) is 11.2 Å². The van der Waals surface area contributed by atoms with Gasteiger partial charge >= 0.3 is 5.97 Å². The third-order valence-electron chi connectivity index (χ3n) is 2.97. The molecule has 102 valence electrons. The van der Waals surface area contributed by atoms with E-state index in [1.165, 1.54) is 0 Å². The average molecular weight is 262 g/mol. The van der Waals surface area contributed by atoms with E-state index < -0.39 is 5.97 Å². The number of rotatable bonds is 6. The fourth-order valence-electron chi connectivity index (χ4n) is 1.72. The highest BCUT2D eigenvalue weighted by atomic mass is 16.4. The molecule has 0 aliphatic carbocycles. The Balaban J connectivity index is 2.16. The molecule has 0 amide bonds. The summed E-state index contributed by atoms with van der Waals surface area (Å²) in [4.78, 5) is 14.9. The molecule has 0 saturated carbocycles. The molecule has 0 radical (unpaired) electrons. The smallest absolute Gasteiger partial charge is 0.303 e. The van der Waals surface area contributed by atoms with E-state index in [1.807, 2.05) is 12.1 Å². The molecular weight excluding hydrogens is 244 g/mol. The topological polar surface area (TPSA) is 79.5 Å². The largest absolute Gasteiger partial charge is 0.481 e. The quantitative estimate of drug-likeness (QED) is 0.831. The maximum atomic E-state index is 10.5. The standard InChI is InChI=1S/C13H18N4O2/c1-3-9(2)14-11-5-6-12-15-10(4-7-13(18)19)8-17(12)16-11/h5-6,8-9H,3-4,7H2,1-2H3,(H,14,16)(H,18,19). The summed E-state index contributed by atoms with van der Waals surface area (Å²) < 4.78 is 1.68. The van der Waals surface area contributed by atoms with Crippen LogP contribution in [0.15, 0.2) is 18.3 Å². The third-order valence-corrected chi connectivity index (χ3v) is 2.97. The van der Waals surface area contributed by atoms with Gasteiger partial charge in [0.05, 0.1) is 18.3 Å². The number of aromatic nitrogens is 3. The van der Waals surface area contributed by atoms with Crippen LogP contribution in [0.4, 0.5) is 5.82 Å². The molecule has 0 aromatic carbocycles. The molecule has 0 aliphatic heterocycles. The fraction of sp³-hybridized carbons (Fsp3) is 0.462. The summed E-state index contributed by atoms with van der Waals surface area (Å²) in [5, 5.41) is 16.4. The van der Waals surface area contributed by atoms with Crippen LogP contribution >= 0.6 is 0 Å². The number of aliphatic carboxylic acids is 1. The summed E-state index contributed by atoms with van der Waals surface area (Å²) in [6.45, 7) is 4.20. The lowest BCUT2D eigenvalue weighted by Gasteiger charge is -2.11. The van der Waals surface area contributed by atoms with Crippen molar-refractivity contribution in [1.29, 1.82) is 0 Å². The van der Waals surface area contributed by atoms with Crippen LogP contribution in [-0.4, -0.2) is 31.7 Å². The van der Waals surface area contributed by atoms with Crippen molar-refractivity contribution in [2.75, 3.05) is 5.32 Å². The van der Waals surface area contributed by atoms with Crippen LogP contribution in [0.1, 0.15) is 32.4 Å². The number of aryl methyl sites for hydroxylation is 1. The number of carboxylic acids is 1. The molecule has 2 aromatic heterocycles. The van der Waals surface area contributed by atoms with E-state index >= 15 is 0 Å². The van der Waals surface area contributed by atoms with E-state index in [0.29, 0.717) is 12.5 Å². The van der Waals surface area contributed by atoms with Crippen LogP contribution in [0.2, 0.25) is 0 Å². The molecule has 2 rings (SSSR count). The number of carboxylic acid groups (broad SMARTS) is 1. The van der Waals surface area contributed by atoms with E-state index in [9.17, 15) is 4.79 Å². The van der Waals surface area contributed by atoms with Crippen molar-refractivity contribution in [2.45, 2.75) is 39.2 Å². The zero-order chi connectivity index (χ0) is 13.8. The van der Waals surface area contributed by atoms with E-state index in [-0.39, 0.29) is 6.42 Å². The molecular formula is C13H18N4O2. The Hall–Kier alpha value is -2.11. The monoisotopic (exact) mass is 262 g/mol. The lowest BCUT2D eigenvalue weighted by Crippen LogP contribution is -2.15. The Morgan fingerprint density at radius 3 is 3.00 bits per heavy atom. The number of fused-ring (bicyclic) bond motifs is 1. The number of nitrogens with one attached hydrogen (secondary N) is 1. The predicted octanol–water partition coefficient (Wildman–Crippen LogP) is 1.96. The van der Waals surface area contributed by atoms with Crippen molar-refractivity contribution in [3.63, 3.8) is 0 Å². The van der Waals surface area contributed by atoms with Gasteiger partial charge < -0.3 is 10.4 Å². The van der Waals surface area contributed by atoms with Gasteiger partial charge in [-0.05, 0) is 25.5 Å². The first kappa shape index (κ1) is 13.3. The molecule has 2 aromatic rings. The molecule has 6 heteroatoms. The summed E-state index contributed by atoms with van der Waals surface area (Å²) in [5.74, 6) is -0.0202. The van der Waals surface area contributed by atoms with Gasteiger partial charge in [-0.3, -0.25) is 4.79 Å². The van der Waals surface area contributed by atoms with E-state index in [0.717, 1.165) is 23.6 Å². The van der Waals surface area contributed by atoms with Gasteiger partial charge in [0.2, 0.25) is 0 Å². The van der Waals surface area contributed by atoms with E-state index in [1.54, 1.807) is 10.7 Å². The van der Waals surface area contributed by atoms with Crippen LogP contribution in [0.3, 0.4) is 0 Å². The number of imidazole rings is 1. The number of carbonyl (C=O) groups is 1. The lowest BCUT2D eigenvalue weighted by atomic mass is 10.2. The first-order chi connectivity index (χ1) is 9.08. The van der Waals surface area contributed by atoms with Gasteiger partial charge in [-0.2, -0.15) is 0 Å². The Morgan fingerprint density at radius 2 is 2.32 bits per heavy atom. The Morgan fingerprint density at radius 1 is 1.53 bits per heavy atom. The molecule has 6 nitrogen and oxygen atoms in total. The zero-order valence-electron chi connectivity index (χ0n) is 11.1. The minimum Gasteiger partial charge on any atom is -0.481 e. The van der Waals surface area contributed by atoms with Crippen LogP contribution in [0, 0.1) is 0 Å². The van der Waals surface area contributed by atoms with Crippen molar-refractivity contribution in [3.05, 3.63) is 24.0 Å². The first-order valence-corrected chi connectivity index (χ1v) is 6.42. The van der Waals surface area contributed by atoms with Crippen molar-refractivity contribution in [3.8, 4) is 0 Å². The molecule has 2 heterocycles. The summed E-state index contributed by atoms with van der Waals surface area (Å²) in [6, 6.07) is 4.12. The maximum Gasteiger partial charge on any atom is 0.303 e. The predicted molar refractivity (Wildman–Crippen MR) is 72.3 cm³/mol. The zero-order valence-corrected chi connectivity index (χ0v) is 11.1. The van der Waals surface area contributed by atoms with Crippen LogP contribution in [0.5, 0.6) is 0 Å². The number of hydrogen-bond acceptors (Lipinski definition) is 4. The molecule has 2 N–H and O–H groups in total. The highest BCUT2D eigenvalue weighted by molar-refractivity contribution is 5.67. The minimum atomic E-state index is -0.816. The molecule has 19 heavy (non-hydrogen) atoms. The molecule has 0 saturated heterocycles. The first-order valence-electron chi connectivity index (χ1n) is 6.42. The number of anilines is 1. The summed E-state index contributed by atoms with van der Waals surface area (Å²) in [5.41, 5.74) is 1.48. The Labute approximate surface area is 111 Å². The molecule has 0 bridgehead atoms. The summed E-state index contributed by atoms with van der Waals surface area (Å²) in [7, 11) is 0. The minimum absolute atomic E-state index is 0.0852. The third kappa shape index (κ3) is 3.43. The van der Waals surface area contributed by atoms with Crippen molar-refractivity contribution < 1.29 is 9.90 Å². The molecule has 1 atom stereocenters. The van der Waals surface area contributed by atoms with Gasteiger partial charge in [0, 0.05) is 12.5 Å². The second-order valence-electron chi connectivity index (χ2n) is 4.60. The van der Waals surface area contributed by atoms with Crippen molar-refractivity contribution in [2.24, 2.45) is 0 Å². The number of nitrogens with zero attached hydrogens (tertiary/aromatic N) is 3. The second-order valence-corrected chi connectivity index (χ2v) is 4.60. The molecule has 1 unspecified atom stereocenters. The average Bonchev–Trinajstić information content (AvgIpc) is 2.78. The normalized spacial score (nSPS) is 12.5. The number of hydrogen-bond donors (Lipinski definition) is 2. The van der Waals surface area contributed by atoms with Crippen molar-refractivity contribution in [1.82, 2.24) is 14.6 Å². The highest BCUT2D eigenvalue weighted by Gasteiger charge is 2.06. The van der Waals surface area contributed by atoms with Gasteiger partial charge in [-0.25, -0.2) is 9.50 Å². The SMILES string of the molecule is CCC(C)Nc1ccc2nc(CCC(=O)O)cn2n1. The maximum absolute atomic E-state index is 10.5.